The number of phenols is 1. The quantitative estimate of drug-likeness (QED) is 0.774. The third-order valence-electron chi connectivity index (χ3n) is 2.24. The van der Waals surface area contributed by atoms with Crippen LogP contribution in [0.1, 0.15) is 11.1 Å². The summed E-state index contributed by atoms with van der Waals surface area (Å²) in [7, 11) is 0. The molecule has 0 aliphatic rings. The predicted molar refractivity (Wildman–Crippen MR) is 57.5 cm³/mol. The van der Waals surface area contributed by atoms with Crippen LogP contribution in [0.4, 0.5) is 0 Å². The van der Waals surface area contributed by atoms with E-state index in [0.717, 1.165) is 21.2 Å². The van der Waals surface area contributed by atoms with Crippen molar-refractivity contribution in [2.24, 2.45) is 0 Å². The van der Waals surface area contributed by atoms with Crippen LogP contribution in [0, 0.1) is 18.3 Å². The van der Waals surface area contributed by atoms with Crippen molar-refractivity contribution in [2.75, 3.05) is 0 Å². The Morgan fingerprint density at radius 2 is 2.29 bits per heavy atom. The van der Waals surface area contributed by atoms with Crippen LogP contribution in [-0.4, -0.2) is 5.11 Å². The Morgan fingerprint density at radius 3 is 3.00 bits per heavy atom. The number of phenolic OH excluding ortho intramolecular Hbond substituents is 1. The summed E-state index contributed by atoms with van der Waals surface area (Å²) in [5.74, 6) is 0.301. The van der Waals surface area contributed by atoms with E-state index >= 15 is 0 Å². The van der Waals surface area contributed by atoms with Gasteiger partial charge in [0.15, 0.2) is 0 Å². The summed E-state index contributed by atoms with van der Waals surface area (Å²) in [5, 5.41) is 21.1. The number of fused-ring (bicyclic) bond motifs is 1. The minimum atomic E-state index is 0.301. The van der Waals surface area contributed by atoms with E-state index in [9.17, 15) is 5.11 Å². The molecule has 0 saturated carbocycles. The van der Waals surface area contributed by atoms with Gasteiger partial charge in [-0.05, 0) is 35.6 Å². The van der Waals surface area contributed by atoms with Gasteiger partial charge >= 0.3 is 0 Å². The molecule has 0 fully saturated rings. The first-order chi connectivity index (χ1) is 6.72. The van der Waals surface area contributed by atoms with E-state index in [1.54, 1.807) is 17.4 Å². The molecule has 2 rings (SSSR count). The fourth-order valence-electron chi connectivity index (χ4n) is 1.44. The van der Waals surface area contributed by atoms with Gasteiger partial charge in [0, 0.05) is 10.1 Å². The molecule has 0 radical (unpaired) electrons. The molecule has 0 aliphatic carbocycles. The van der Waals surface area contributed by atoms with E-state index in [1.807, 2.05) is 18.4 Å². The molecular weight excluding hydrogens is 194 g/mol. The highest BCUT2D eigenvalue weighted by Crippen LogP contribution is 2.31. The van der Waals surface area contributed by atoms with Gasteiger partial charge in [0.25, 0.3) is 0 Å². The van der Waals surface area contributed by atoms with Gasteiger partial charge in [-0.15, -0.1) is 11.3 Å². The van der Waals surface area contributed by atoms with Crippen molar-refractivity contribution in [1.82, 2.24) is 0 Å². The average Bonchev–Trinajstić information content (AvgIpc) is 2.51. The van der Waals surface area contributed by atoms with E-state index in [-0.39, 0.29) is 0 Å². The lowest BCUT2D eigenvalue weighted by Gasteiger charge is -1.99. The number of hydrogen-bond donors (Lipinski definition) is 1. The number of benzene rings is 1. The molecule has 14 heavy (non-hydrogen) atoms. The Labute approximate surface area is 86.0 Å². The third-order valence-corrected chi connectivity index (χ3v) is 3.24. The van der Waals surface area contributed by atoms with Gasteiger partial charge < -0.3 is 5.11 Å². The molecule has 70 valence electrons. The van der Waals surface area contributed by atoms with Crippen molar-refractivity contribution in [3.05, 3.63) is 28.6 Å². The Balaban J connectivity index is 2.69. The van der Waals surface area contributed by atoms with Gasteiger partial charge in [0.05, 0.1) is 12.5 Å². The van der Waals surface area contributed by atoms with Gasteiger partial charge in [-0.3, -0.25) is 0 Å². The van der Waals surface area contributed by atoms with Crippen LogP contribution in [0.15, 0.2) is 17.5 Å². The molecule has 0 unspecified atom stereocenters. The molecule has 3 heteroatoms. The summed E-state index contributed by atoms with van der Waals surface area (Å²) >= 11 is 1.61. The normalized spacial score (nSPS) is 10.3. The predicted octanol–water partition coefficient (Wildman–Crippen LogP) is 2.98. The molecule has 0 aliphatic heterocycles. The van der Waals surface area contributed by atoms with Crippen molar-refractivity contribution in [1.29, 1.82) is 5.26 Å². The minimum absolute atomic E-state index is 0.301. The summed E-state index contributed by atoms with van der Waals surface area (Å²) in [6.45, 7) is 1.87. The monoisotopic (exact) mass is 203 g/mol. The average molecular weight is 203 g/mol. The van der Waals surface area contributed by atoms with E-state index in [0.29, 0.717) is 12.2 Å². The summed E-state index contributed by atoms with van der Waals surface area (Å²) < 4.78 is 1.13. The van der Waals surface area contributed by atoms with Gasteiger partial charge in [0.2, 0.25) is 0 Å². The van der Waals surface area contributed by atoms with Crippen molar-refractivity contribution in [3.63, 3.8) is 0 Å². The topological polar surface area (TPSA) is 44.0 Å². The molecule has 1 N–H and O–H groups in total. The molecule has 1 heterocycles. The molecule has 1 aromatic heterocycles. The van der Waals surface area contributed by atoms with Gasteiger partial charge in [-0.1, -0.05) is 0 Å². The second kappa shape index (κ2) is 3.32. The van der Waals surface area contributed by atoms with Crippen molar-refractivity contribution < 1.29 is 5.11 Å². The van der Waals surface area contributed by atoms with E-state index in [2.05, 4.69) is 6.07 Å². The lowest BCUT2D eigenvalue weighted by Crippen LogP contribution is -1.79. The summed E-state index contributed by atoms with van der Waals surface area (Å²) in [4.78, 5) is 0. The van der Waals surface area contributed by atoms with Crippen LogP contribution >= 0.6 is 11.3 Å². The molecule has 0 spiro atoms. The van der Waals surface area contributed by atoms with Crippen LogP contribution in [-0.2, 0) is 6.42 Å². The highest BCUT2D eigenvalue weighted by molar-refractivity contribution is 7.17. The fourth-order valence-corrected chi connectivity index (χ4v) is 2.48. The molecular formula is C11H9NOS. The Morgan fingerprint density at radius 1 is 1.50 bits per heavy atom. The van der Waals surface area contributed by atoms with E-state index in [1.165, 1.54) is 0 Å². The second-order valence-corrected chi connectivity index (χ2v) is 4.14. The van der Waals surface area contributed by atoms with Crippen molar-refractivity contribution in [3.8, 4) is 11.8 Å². The largest absolute Gasteiger partial charge is 0.508 e. The van der Waals surface area contributed by atoms with Crippen LogP contribution < -0.4 is 0 Å². The standard InChI is InChI=1S/C11H9NOS/c1-7-4-11-9(5-10(7)13)8(2-3-12)6-14-11/h4-6,13H,2H2,1H3. The highest BCUT2D eigenvalue weighted by atomic mass is 32.1. The van der Waals surface area contributed by atoms with Crippen molar-refractivity contribution >= 4 is 21.4 Å². The van der Waals surface area contributed by atoms with E-state index in [4.69, 9.17) is 5.26 Å². The van der Waals surface area contributed by atoms with Crippen LogP contribution in [0.25, 0.3) is 10.1 Å². The molecule has 0 saturated heterocycles. The van der Waals surface area contributed by atoms with Crippen LogP contribution in [0.2, 0.25) is 0 Å². The smallest absolute Gasteiger partial charge is 0.119 e. The zero-order valence-electron chi connectivity index (χ0n) is 7.74. The van der Waals surface area contributed by atoms with Crippen LogP contribution in [0.3, 0.4) is 0 Å². The number of nitriles is 1. The molecule has 0 bridgehead atoms. The summed E-state index contributed by atoms with van der Waals surface area (Å²) in [6.07, 6.45) is 0.405. The second-order valence-electron chi connectivity index (χ2n) is 3.23. The first-order valence-electron chi connectivity index (χ1n) is 4.29. The minimum Gasteiger partial charge on any atom is -0.508 e. The Bertz CT molecular complexity index is 522. The number of hydrogen-bond acceptors (Lipinski definition) is 3. The maximum absolute atomic E-state index is 9.55. The number of nitrogens with zero attached hydrogens (tertiary/aromatic N) is 1. The van der Waals surface area contributed by atoms with Gasteiger partial charge in [-0.25, -0.2) is 0 Å². The number of thiophene rings is 1. The maximum Gasteiger partial charge on any atom is 0.119 e. The van der Waals surface area contributed by atoms with Crippen LogP contribution in [0.5, 0.6) is 5.75 Å². The number of aromatic hydroxyl groups is 1. The molecule has 2 aromatic rings. The Hall–Kier alpha value is -1.53. The zero-order chi connectivity index (χ0) is 10.1. The first kappa shape index (κ1) is 9.04. The van der Waals surface area contributed by atoms with Crippen molar-refractivity contribution in [2.45, 2.75) is 13.3 Å². The molecule has 2 nitrogen and oxygen atoms in total. The molecule has 1 aromatic carbocycles. The Kier molecular flexibility index (Phi) is 2.14. The summed E-state index contributed by atoms with van der Waals surface area (Å²) in [6, 6.07) is 5.82. The lowest BCUT2D eigenvalue weighted by atomic mass is 10.1. The zero-order valence-corrected chi connectivity index (χ0v) is 8.56. The number of aryl methyl sites for hydroxylation is 1. The van der Waals surface area contributed by atoms with E-state index < -0.39 is 0 Å². The fraction of sp³-hybridized carbons (Fsp3) is 0.182. The first-order valence-corrected chi connectivity index (χ1v) is 5.17. The molecule has 0 atom stereocenters. The number of rotatable bonds is 1. The SMILES string of the molecule is Cc1cc2scc(CC#N)c2cc1O. The highest BCUT2D eigenvalue weighted by Gasteiger charge is 2.06. The lowest BCUT2D eigenvalue weighted by molar-refractivity contribution is 0.472. The van der Waals surface area contributed by atoms with Gasteiger partial charge in [-0.2, -0.15) is 5.26 Å². The third kappa shape index (κ3) is 1.34. The van der Waals surface area contributed by atoms with Gasteiger partial charge in [0.1, 0.15) is 5.75 Å². The summed E-state index contributed by atoms with van der Waals surface area (Å²) in [5.41, 5.74) is 1.88. The molecule has 0 amide bonds. The maximum atomic E-state index is 9.55.